The lowest BCUT2D eigenvalue weighted by Gasteiger charge is -2.27. The maximum absolute atomic E-state index is 14.0. The van der Waals surface area contributed by atoms with Crippen LogP contribution in [0.5, 0.6) is 0 Å². The van der Waals surface area contributed by atoms with Gasteiger partial charge in [-0.25, -0.2) is 18.1 Å². The van der Waals surface area contributed by atoms with Crippen LogP contribution in [0.4, 0.5) is 5.82 Å². The number of azide groups is 1. The van der Waals surface area contributed by atoms with Gasteiger partial charge in [-0.2, -0.15) is 5.10 Å². The third-order valence-electron chi connectivity index (χ3n) is 8.49. The van der Waals surface area contributed by atoms with Crippen molar-refractivity contribution in [3.05, 3.63) is 62.2 Å². The van der Waals surface area contributed by atoms with Gasteiger partial charge in [-0.05, 0) is 83.9 Å². The minimum atomic E-state index is -3.82. The Bertz CT molecular complexity index is 1950. The van der Waals surface area contributed by atoms with Crippen LogP contribution in [0.2, 0.25) is 0 Å². The molecule has 234 valence electrons. The zero-order valence-corrected chi connectivity index (χ0v) is 26.2. The average Bonchev–Trinajstić information content (AvgIpc) is 3.91. The fraction of sp³-hybridized carbons (Fsp3) is 0.407. The zero-order valence-electron chi connectivity index (χ0n) is 23.8. The normalized spacial score (nSPS) is 22.0. The molecule has 0 radical (unpaired) electrons. The fourth-order valence-electron chi connectivity index (χ4n) is 5.92. The van der Waals surface area contributed by atoms with Crippen molar-refractivity contribution in [2.45, 2.75) is 56.5 Å². The number of likely N-dealkylation sites (tertiary alicyclic amines) is 1. The molecule has 3 aliphatic rings. The van der Waals surface area contributed by atoms with E-state index in [1.165, 1.54) is 27.8 Å². The van der Waals surface area contributed by atoms with E-state index in [0.717, 1.165) is 0 Å². The highest BCUT2D eigenvalue weighted by atomic mass is 79.9. The average molecular weight is 700 g/mol. The number of aromatic nitrogens is 3. The van der Waals surface area contributed by atoms with Crippen LogP contribution in [-0.2, 0) is 26.2 Å². The number of primary amides is 1. The van der Waals surface area contributed by atoms with Crippen LogP contribution >= 0.6 is 15.9 Å². The lowest BCUT2D eigenvalue weighted by Crippen LogP contribution is -2.47. The molecule has 2 aromatic heterocycles. The first-order valence-corrected chi connectivity index (χ1v) is 16.3. The van der Waals surface area contributed by atoms with E-state index >= 15 is 0 Å². The first-order chi connectivity index (χ1) is 21.3. The number of halogens is 1. The Kier molecular flexibility index (Phi) is 7.53. The van der Waals surface area contributed by atoms with E-state index in [-0.39, 0.29) is 41.2 Å². The van der Waals surface area contributed by atoms with Gasteiger partial charge >= 0.3 is 0 Å². The molecule has 3 heterocycles. The van der Waals surface area contributed by atoms with Crippen molar-refractivity contribution in [1.29, 1.82) is 0 Å². The highest BCUT2D eigenvalue weighted by Crippen LogP contribution is 2.60. The Hall–Kier alpha value is -4.54. The third-order valence-corrected chi connectivity index (χ3v) is 10.8. The van der Waals surface area contributed by atoms with Crippen LogP contribution in [0, 0.1) is 12.3 Å². The number of carbonyl (C=O) groups is 4. The number of carbonyl (C=O) groups excluding carboxylic acids is 4. The maximum Gasteiger partial charge on any atom is 0.269 e. The van der Waals surface area contributed by atoms with Crippen LogP contribution in [0.25, 0.3) is 21.3 Å². The summed E-state index contributed by atoms with van der Waals surface area (Å²) in [6.45, 7) is 1.46. The number of rotatable bonds is 10. The van der Waals surface area contributed by atoms with Gasteiger partial charge in [0.25, 0.3) is 11.8 Å². The number of aryl methyl sites for hydroxylation is 1. The summed E-state index contributed by atoms with van der Waals surface area (Å²) in [6.07, 6.45) is 1.73. The van der Waals surface area contributed by atoms with Gasteiger partial charge in [0.05, 0.1) is 10.8 Å². The van der Waals surface area contributed by atoms with E-state index in [1.807, 2.05) is 0 Å². The number of sulfonamides is 1. The number of nitrogens with two attached hydrogens (primary N) is 1. The molecule has 16 nitrogen and oxygen atoms in total. The first kappa shape index (κ1) is 30.5. The van der Waals surface area contributed by atoms with Gasteiger partial charge in [0.15, 0.2) is 5.69 Å². The molecule has 2 aliphatic carbocycles. The van der Waals surface area contributed by atoms with E-state index in [0.29, 0.717) is 35.2 Å². The Morgan fingerprint density at radius 3 is 2.64 bits per heavy atom. The van der Waals surface area contributed by atoms with Gasteiger partial charge in [0.1, 0.15) is 23.0 Å². The standard InChI is InChI=1S/C27H27BrN10O6S/c1-13-2-7-20(28)32-24(13)33-26(42)18-9-27(12-31-36-30)10-19(27)38(18)21(39)11-37-17-8-14(3-6-16(17)22(34-37)23(29)40)25(41)35-45(43,44)15-4-5-15/h2-3,6-8,15,18-19H,4-5,9-12H2,1H3,(H2,29,40)(H,35,41)(H,32,33,42)/t18-,19+,27-/m0/s1. The number of hydrogen-bond donors (Lipinski definition) is 3. The SMILES string of the molecule is Cc1ccc(Br)nc1NC(=O)[C@@H]1C[C@@]2(CN=[N+]=[N-])C[C@H]2N1C(=O)Cn1nc(C(N)=O)c2ccc(C(=O)NS(=O)(=O)C3CC3)cc21. The predicted octanol–water partition coefficient (Wildman–Crippen LogP) is 2.13. The number of hydrogen-bond acceptors (Lipinski definition) is 9. The smallest absolute Gasteiger partial charge is 0.269 e. The molecule has 1 aromatic carbocycles. The Labute approximate surface area is 264 Å². The molecule has 3 fully saturated rings. The summed E-state index contributed by atoms with van der Waals surface area (Å²) < 4.78 is 28.4. The molecule has 0 spiro atoms. The number of amides is 4. The minimum absolute atomic E-state index is 0.0257. The number of fused-ring (bicyclic) bond motifs is 2. The van der Waals surface area contributed by atoms with Crippen molar-refractivity contribution in [2.75, 3.05) is 11.9 Å². The molecule has 1 saturated heterocycles. The molecule has 45 heavy (non-hydrogen) atoms. The number of benzene rings is 1. The minimum Gasteiger partial charge on any atom is -0.364 e. The molecule has 0 bridgehead atoms. The number of nitrogens with zero attached hydrogens (tertiary/aromatic N) is 7. The molecule has 1 aliphatic heterocycles. The summed E-state index contributed by atoms with van der Waals surface area (Å²) in [6, 6.07) is 6.29. The summed E-state index contributed by atoms with van der Waals surface area (Å²) in [7, 11) is -3.82. The van der Waals surface area contributed by atoms with E-state index in [2.05, 4.69) is 46.1 Å². The second kappa shape index (κ2) is 11.1. The van der Waals surface area contributed by atoms with Crippen LogP contribution in [-0.4, -0.2) is 75.6 Å². The molecule has 3 aromatic rings. The highest BCUT2D eigenvalue weighted by molar-refractivity contribution is 9.10. The summed E-state index contributed by atoms with van der Waals surface area (Å²) in [5.41, 5.74) is 14.6. The second-order valence-corrected chi connectivity index (χ2v) is 14.3. The first-order valence-electron chi connectivity index (χ1n) is 14.0. The fourth-order valence-corrected chi connectivity index (χ4v) is 7.53. The molecular weight excluding hydrogens is 672 g/mol. The quantitative estimate of drug-likeness (QED) is 0.122. The van der Waals surface area contributed by atoms with Crippen molar-refractivity contribution in [3.8, 4) is 0 Å². The topological polar surface area (TPSA) is 235 Å². The van der Waals surface area contributed by atoms with Gasteiger partial charge < -0.3 is 16.0 Å². The molecule has 4 N–H and O–H groups in total. The monoisotopic (exact) mass is 698 g/mol. The summed E-state index contributed by atoms with van der Waals surface area (Å²) in [5, 5.41) is 10.4. The summed E-state index contributed by atoms with van der Waals surface area (Å²) in [5.74, 6) is -2.39. The lowest BCUT2D eigenvalue weighted by atomic mass is 9.99. The molecule has 6 rings (SSSR count). The number of piperidine rings is 1. The van der Waals surface area contributed by atoms with Gasteiger partial charge in [-0.15, -0.1) is 0 Å². The third kappa shape index (κ3) is 5.71. The Morgan fingerprint density at radius 2 is 1.96 bits per heavy atom. The number of pyridine rings is 1. The van der Waals surface area contributed by atoms with Gasteiger partial charge in [-0.3, -0.25) is 23.9 Å². The zero-order chi connectivity index (χ0) is 32.3. The second-order valence-electron chi connectivity index (χ2n) is 11.6. The highest BCUT2D eigenvalue weighted by Gasteiger charge is 2.66. The number of anilines is 1. The largest absolute Gasteiger partial charge is 0.364 e. The molecule has 0 unspecified atom stereocenters. The van der Waals surface area contributed by atoms with Crippen molar-refractivity contribution in [2.24, 2.45) is 16.3 Å². The Morgan fingerprint density at radius 1 is 1.20 bits per heavy atom. The summed E-state index contributed by atoms with van der Waals surface area (Å²) in [4.78, 5) is 61.2. The van der Waals surface area contributed by atoms with Crippen LogP contribution < -0.4 is 15.8 Å². The Balaban J connectivity index is 1.30. The van der Waals surface area contributed by atoms with Crippen molar-refractivity contribution < 1.29 is 27.6 Å². The van der Waals surface area contributed by atoms with Gasteiger partial charge in [0.2, 0.25) is 21.8 Å². The van der Waals surface area contributed by atoms with E-state index < -0.39 is 56.9 Å². The van der Waals surface area contributed by atoms with Gasteiger partial charge in [0, 0.05) is 33.9 Å². The van der Waals surface area contributed by atoms with Crippen molar-refractivity contribution >= 4 is 66.3 Å². The summed E-state index contributed by atoms with van der Waals surface area (Å²) >= 11 is 3.29. The predicted molar refractivity (Wildman–Crippen MR) is 163 cm³/mol. The molecule has 2 saturated carbocycles. The molecular formula is C27H27BrN10O6S. The van der Waals surface area contributed by atoms with Crippen molar-refractivity contribution in [3.63, 3.8) is 0 Å². The van der Waals surface area contributed by atoms with Crippen molar-refractivity contribution in [1.82, 2.24) is 24.4 Å². The van der Waals surface area contributed by atoms with E-state index in [9.17, 15) is 27.6 Å². The molecule has 18 heteroatoms. The van der Waals surface area contributed by atoms with Crippen LogP contribution in [0.3, 0.4) is 0 Å². The van der Waals surface area contributed by atoms with Crippen LogP contribution in [0.15, 0.2) is 40.0 Å². The van der Waals surface area contributed by atoms with Gasteiger partial charge in [-0.1, -0.05) is 11.2 Å². The number of nitrogens with one attached hydrogen (secondary N) is 2. The van der Waals surface area contributed by atoms with Crippen LogP contribution in [0.1, 0.15) is 52.1 Å². The molecule has 4 amide bonds. The van der Waals surface area contributed by atoms with E-state index in [4.69, 9.17) is 11.3 Å². The molecule has 3 atom stereocenters. The lowest BCUT2D eigenvalue weighted by molar-refractivity contribution is -0.138. The van der Waals surface area contributed by atoms with E-state index in [1.54, 1.807) is 19.1 Å². The maximum atomic E-state index is 14.0.